The van der Waals surface area contributed by atoms with Crippen LogP contribution in [0.2, 0.25) is 0 Å². The van der Waals surface area contributed by atoms with Gasteiger partial charge in [0, 0.05) is 44.3 Å². The van der Waals surface area contributed by atoms with Crippen molar-refractivity contribution in [3.63, 3.8) is 0 Å². The van der Waals surface area contributed by atoms with Crippen LogP contribution < -0.4 is 0 Å². The minimum atomic E-state index is 0.640. The van der Waals surface area contributed by atoms with Crippen LogP contribution in [0.15, 0.2) is 35.2 Å². The van der Waals surface area contributed by atoms with Crippen molar-refractivity contribution in [2.24, 2.45) is 5.92 Å². The molecule has 3 heterocycles. The van der Waals surface area contributed by atoms with Crippen molar-refractivity contribution in [2.75, 3.05) is 26.3 Å². The standard InChI is InChI=1S/C17H23N3O2/c1-2-20(12-14-5-8-21-9-6-14)13-15-10-18-17(19-11-15)16-4-3-7-22-16/h3-4,7,10-11,14H,2,5-6,8-9,12-13H2,1H3. The van der Waals surface area contributed by atoms with Crippen molar-refractivity contribution in [3.05, 3.63) is 36.4 Å². The van der Waals surface area contributed by atoms with Crippen LogP contribution in [0.1, 0.15) is 25.3 Å². The highest BCUT2D eigenvalue weighted by molar-refractivity contribution is 5.45. The second kappa shape index (κ2) is 7.51. The van der Waals surface area contributed by atoms with Crippen molar-refractivity contribution < 1.29 is 9.15 Å². The molecule has 3 rings (SSSR count). The van der Waals surface area contributed by atoms with Gasteiger partial charge in [0.15, 0.2) is 11.6 Å². The third-order valence-corrected chi connectivity index (χ3v) is 4.16. The van der Waals surface area contributed by atoms with Crippen molar-refractivity contribution in [2.45, 2.75) is 26.3 Å². The summed E-state index contributed by atoms with van der Waals surface area (Å²) >= 11 is 0. The maximum absolute atomic E-state index is 5.43. The van der Waals surface area contributed by atoms with Gasteiger partial charge < -0.3 is 9.15 Å². The number of rotatable bonds is 6. The molecule has 118 valence electrons. The van der Waals surface area contributed by atoms with Crippen molar-refractivity contribution in [1.29, 1.82) is 0 Å². The van der Waals surface area contributed by atoms with Crippen LogP contribution in [0.4, 0.5) is 0 Å². The first-order chi connectivity index (χ1) is 10.8. The Hall–Kier alpha value is -1.72. The molecule has 1 aliphatic rings. The first kappa shape index (κ1) is 15.2. The lowest BCUT2D eigenvalue weighted by Gasteiger charge is -2.28. The molecule has 0 bridgehead atoms. The average molecular weight is 301 g/mol. The Bertz CT molecular complexity index is 548. The fourth-order valence-corrected chi connectivity index (χ4v) is 2.83. The number of ether oxygens (including phenoxy) is 1. The topological polar surface area (TPSA) is 51.4 Å². The van der Waals surface area contributed by atoms with E-state index in [2.05, 4.69) is 21.8 Å². The van der Waals surface area contributed by atoms with Crippen molar-refractivity contribution in [3.8, 4) is 11.6 Å². The van der Waals surface area contributed by atoms with Gasteiger partial charge in [-0.1, -0.05) is 6.92 Å². The molecule has 0 radical (unpaired) electrons. The molecule has 0 aromatic carbocycles. The van der Waals surface area contributed by atoms with Crippen LogP contribution in [0.5, 0.6) is 0 Å². The monoisotopic (exact) mass is 301 g/mol. The lowest BCUT2D eigenvalue weighted by Crippen LogP contribution is -2.32. The molecule has 5 nitrogen and oxygen atoms in total. The summed E-state index contributed by atoms with van der Waals surface area (Å²) < 4.78 is 10.7. The van der Waals surface area contributed by atoms with E-state index in [4.69, 9.17) is 9.15 Å². The molecule has 0 unspecified atom stereocenters. The Morgan fingerprint density at radius 3 is 2.64 bits per heavy atom. The predicted octanol–water partition coefficient (Wildman–Crippen LogP) is 2.99. The second-order valence-corrected chi connectivity index (χ2v) is 5.78. The zero-order valence-electron chi connectivity index (χ0n) is 13.1. The molecule has 0 atom stereocenters. The highest BCUT2D eigenvalue weighted by Crippen LogP contribution is 2.18. The third-order valence-electron chi connectivity index (χ3n) is 4.16. The van der Waals surface area contributed by atoms with E-state index in [0.717, 1.165) is 44.3 Å². The van der Waals surface area contributed by atoms with Gasteiger partial charge in [-0.3, -0.25) is 4.90 Å². The van der Waals surface area contributed by atoms with E-state index in [0.29, 0.717) is 11.6 Å². The number of furan rings is 1. The molecule has 0 spiro atoms. The maximum Gasteiger partial charge on any atom is 0.195 e. The molecule has 1 aliphatic heterocycles. The van der Waals surface area contributed by atoms with E-state index in [1.54, 1.807) is 6.26 Å². The SMILES string of the molecule is CCN(Cc1cnc(-c2ccco2)nc1)CC1CCOCC1. The van der Waals surface area contributed by atoms with Gasteiger partial charge in [-0.25, -0.2) is 9.97 Å². The smallest absolute Gasteiger partial charge is 0.195 e. The van der Waals surface area contributed by atoms with Crippen LogP contribution in [0.3, 0.4) is 0 Å². The van der Waals surface area contributed by atoms with Crippen LogP contribution in [0, 0.1) is 5.92 Å². The van der Waals surface area contributed by atoms with Gasteiger partial charge in [-0.05, 0) is 37.4 Å². The Morgan fingerprint density at radius 1 is 1.23 bits per heavy atom. The quantitative estimate of drug-likeness (QED) is 0.821. The largest absolute Gasteiger partial charge is 0.461 e. The zero-order chi connectivity index (χ0) is 15.2. The molecule has 1 saturated heterocycles. The van der Waals surface area contributed by atoms with E-state index in [1.165, 1.54) is 12.8 Å². The van der Waals surface area contributed by atoms with Crippen molar-refractivity contribution in [1.82, 2.24) is 14.9 Å². The van der Waals surface area contributed by atoms with Gasteiger partial charge in [0.2, 0.25) is 0 Å². The summed E-state index contributed by atoms with van der Waals surface area (Å²) in [7, 11) is 0. The Labute approximate surface area is 131 Å². The van der Waals surface area contributed by atoms with Gasteiger partial charge in [0.1, 0.15) is 0 Å². The minimum Gasteiger partial charge on any atom is -0.461 e. The van der Waals surface area contributed by atoms with Crippen LogP contribution >= 0.6 is 0 Å². The van der Waals surface area contributed by atoms with Crippen LogP contribution in [0.25, 0.3) is 11.6 Å². The fourth-order valence-electron chi connectivity index (χ4n) is 2.83. The molecular formula is C17H23N3O2. The summed E-state index contributed by atoms with van der Waals surface area (Å²) in [5, 5.41) is 0. The first-order valence-corrected chi connectivity index (χ1v) is 8.00. The molecular weight excluding hydrogens is 278 g/mol. The normalized spacial score (nSPS) is 16.3. The Morgan fingerprint density at radius 2 is 2.00 bits per heavy atom. The Kier molecular flexibility index (Phi) is 5.19. The molecule has 0 N–H and O–H groups in total. The second-order valence-electron chi connectivity index (χ2n) is 5.78. The summed E-state index contributed by atoms with van der Waals surface area (Å²) in [5.41, 5.74) is 1.14. The predicted molar refractivity (Wildman–Crippen MR) is 84.2 cm³/mol. The first-order valence-electron chi connectivity index (χ1n) is 8.00. The van der Waals surface area contributed by atoms with E-state index >= 15 is 0 Å². The van der Waals surface area contributed by atoms with E-state index in [-0.39, 0.29) is 0 Å². The van der Waals surface area contributed by atoms with Gasteiger partial charge in [0.25, 0.3) is 0 Å². The molecule has 2 aromatic heterocycles. The van der Waals surface area contributed by atoms with E-state index in [9.17, 15) is 0 Å². The fraction of sp³-hybridized carbons (Fsp3) is 0.529. The summed E-state index contributed by atoms with van der Waals surface area (Å²) in [4.78, 5) is 11.3. The minimum absolute atomic E-state index is 0.640. The van der Waals surface area contributed by atoms with Gasteiger partial charge in [0.05, 0.1) is 6.26 Å². The highest BCUT2D eigenvalue weighted by Gasteiger charge is 2.17. The Balaban J connectivity index is 1.58. The number of hydrogen-bond donors (Lipinski definition) is 0. The maximum atomic E-state index is 5.43. The number of nitrogens with zero attached hydrogens (tertiary/aromatic N) is 3. The molecule has 5 heteroatoms. The summed E-state index contributed by atoms with van der Waals surface area (Å²) in [6.45, 7) is 7.08. The summed E-state index contributed by atoms with van der Waals surface area (Å²) in [5.74, 6) is 2.10. The van der Waals surface area contributed by atoms with Gasteiger partial charge in [-0.15, -0.1) is 0 Å². The van der Waals surface area contributed by atoms with Gasteiger partial charge >= 0.3 is 0 Å². The average Bonchev–Trinajstić information content (AvgIpc) is 3.10. The van der Waals surface area contributed by atoms with Crippen LogP contribution in [-0.2, 0) is 11.3 Å². The lowest BCUT2D eigenvalue weighted by atomic mass is 9.99. The molecule has 0 saturated carbocycles. The third kappa shape index (κ3) is 3.93. The zero-order valence-corrected chi connectivity index (χ0v) is 13.1. The molecule has 0 amide bonds. The summed E-state index contributed by atoms with van der Waals surface area (Å²) in [6, 6.07) is 3.72. The summed E-state index contributed by atoms with van der Waals surface area (Å²) in [6.07, 6.45) is 7.78. The molecule has 22 heavy (non-hydrogen) atoms. The molecule has 0 aliphatic carbocycles. The van der Waals surface area contributed by atoms with Crippen LogP contribution in [-0.4, -0.2) is 41.2 Å². The van der Waals surface area contributed by atoms with E-state index in [1.807, 2.05) is 24.5 Å². The molecule has 1 fully saturated rings. The number of aromatic nitrogens is 2. The number of hydrogen-bond acceptors (Lipinski definition) is 5. The highest BCUT2D eigenvalue weighted by atomic mass is 16.5. The molecule has 2 aromatic rings. The van der Waals surface area contributed by atoms with E-state index < -0.39 is 0 Å². The lowest BCUT2D eigenvalue weighted by molar-refractivity contribution is 0.0521. The van der Waals surface area contributed by atoms with Gasteiger partial charge in [-0.2, -0.15) is 0 Å². The van der Waals surface area contributed by atoms with Crippen molar-refractivity contribution >= 4 is 0 Å².